The number of hydrogen-bond acceptors (Lipinski definition) is 4. The number of fused-ring (bicyclic) bond motifs is 1. The van der Waals surface area contributed by atoms with Crippen LogP contribution in [0.15, 0.2) is 30.3 Å². The molecule has 110 valence electrons. The summed E-state index contributed by atoms with van der Waals surface area (Å²) in [6, 6.07) is 11.4. The smallest absolute Gasteiger partial charge is 0.133 e. The van der Waals surface area contributed by atoms with Gasteiger partial charge in [-0.05, 0) is 25.0 Å². The molecule has 1 saturated heterocycles. The summed E-state index contributed by atoms with van der Waals surface area (Å²) in [4.78, 5) is 9.92. The fraction of sp³-hybridized carbons (Fsp3) is 0.471. The molecule has 0 amide bonds. The largest absolute Gasteiger partial charge is 0.354 e. The van der Waals surface area contributed by atoms with Gasteiger partial charge in [-0.15, -0.1) is 0 Å². The van der Waals surface area contributed by atoms with E-state index in [9.17, 15) is 0 Å². The second-order valence-corrected chi connectivity index (χ2v) is 6.12. The Balaban J connectivity index is 1.62. The highest BCUT2D eigenvalue weighted by Crippen LogP contribution is 2.29. The number of aromatic nitrogens is 1. The molecular weight excluding hydrogens is 260 g/mol. The van der Waals surface area contributed by atoms with Crippen molar-refractivity contribution < 1.29 is 0 Å². The maximum absolute atomic E-state index is 5.96. The maximum Gasteiger partial charge on any atom is 0.133 e. The molecule has 0 spiro atoms. The SMILES string of the molecule is NCc1cc2ccccc2nc1N1CCN(C2CC2)CC1. The van der Waals surface area contributed by atoms with Gasteiger partial charge >= 0.3 is 0 Å². The van der Waals surface area contributed by atoms with Gasteiger partial charge in [-0.25, -0.2) is 4.98 Å². The van der Waals surface area contributed by atoms with Crippen molar-refractivity contribution in [2.45, 2.75) is 25.4 Å². The molecule has 1 saturated carbocycles. The quantitative estimate of drug-likeness (QED) is 0.935. The first-order chi connectivity index (χ1) is 10.3. The van der Waals surface area contributed by atoms with Crippen molar-refractivity contribution in [3.05, 3.63) is 35.9 Å². The Hall–Kier alpha value is -1.65. The lowest BCUT2D eigenvalue weighted by Crippen LogP contribution is -2.47. The van der Waals surface area contributed by atoms with Crippen LogP contribution in [-0.4, -0.2) is 42.1 Å². The Morgan fingerprint density at radius 1 is 1.10 bits per heavy atom. The van der Waals surface area contributed by atoms with Crippen molar-refractivity contribution in [2.24, 2.45) is 5.73 Å². The molecule has 0 atom stereocenters. The van der Waals surface area contributed by atoms with Crippen molar-refractivity contribution in [3.63, 3.8) is 0 Å². The van der Waals surface area contributed by atoms with Crippen LogP contribution in [0.1, 0.15) is 18.4 Å². The van der Waals surface area contributed by atoms with Crippen molar-refractivity contribution in [2.75, 3.05) is 31.1 Å². The second kappa shape index (κ2) is 5.28. The van der Waals surface area contributed by atoms with Crippen molar-refractivity contribution >= 4 is 16.7 Å². The molecule has 1 aromatic carbocycles. The third-order valence-corrected chi connectivity index (χ3v) is 4.68. The molecule has 0 radical (unpaired) electrons. The zero-order valence-electron chi connectivity index (χ0n) is 12.3. The molecule has 4 nitrogen and oxygen atoms in total. The van der Waals surface area contributed by atoms with Gasteiger partial charge in [0, 0.05) is 49.7 Å². The monoisotopic (exact) mass is 282 g/mol. The molecule has 1 aliphatic heterocycles. The van der Waals surface area contributed by atoms with Gasteiger partial charge in [0.2, 0.25) is 0 Å². The maximum atomic E-state index is 5.96. The predicted molar refractivity (Wildman–Crippen MR) is 86.4 cm³/mol. The summed E-state index contributed by atoms with van der Waals surface area (Å²) in [5.41, 5.74) is 8.18. The first-order valence-electron chi connectivity index (χ1n) is 7.93. The van der Waals surface area contributed by atoms with Crippen LogP contribution < -0.4 is 10.6 Å². The average molecular weight is 282 g/mol. The predicted octanol–water partition coefficient (Wildman–Crippen LogP) is 1.98. The number of pyridine rings is 1. The van der Waals surface area contributed by atoms with Crippen LogP contribution in [0.25, 0.3) is 10.9 Å². The van der Waals surface area contributed by atoms with E-state index in [1.165, 1.54) is 18.2 Å². The van der Waals surface area contributed by atoms with E-state index in [0.717, 1.165) is 49.1 Å². The minimum atomic E-state index is 0.552. The molecule has 21 heavy (non-hydrogen) atoms. The number of hydrogen-bond donors (Lipinski definition) is 1. The first-order valence-corrected chi connectivity index (χ1v) is 7.93. The summed E-state index contributed by atoms with van der Waals surface area (Å²) in [7, 11) is 0. The molecule has 4 heteroatoms. The van der Waals surface area contributed by atoms with E-state index in [2.05, 4.69) is 34.1 Å². The molecule has 2 aromatic rings. The molecule has 2 N–H and O–H groups in total. The highest BCUT2D eigenvalue weighted by atomic mass is 15.3. The van der Waals surface area contributed by atoms with Crippen LogP contribution in [0.2, 0.25) is 0 Å². The molecule has 1 aliphatic carbocycles. The van der Waals surface area contributed by atoms with Crippen LogP contribution in [0.4, 0.5) is 5.82 Å². The lowest BCUT2D eigenvalue weighted by Gasteiger charge is -2.36. The van der Waals surface area contributed by atoms with Crippen molar-refractivity contribution in [1.29, 1.82) is 0 Å². The van der Waals surface area contributed by atoms with E-state index < -0.39 is 0 Å². The number of nitrogens with two attached hydrogens (primary N) is 1. The summed E-state index contributed by atoms with van der Waals surface area (Å²) in [6.45, 7) is 4.99. The summed E-state index contributed by atoms with van der Waals surface area (Å²) in [5, 5.41) is 1.18. The highest BCUT2D eigenvalue weighted by molar-refractivity contribution is 5.81. The molecule has 2 fully saturated rings. The number of para-hydroxylation sites is 1. The Kier molecular flexibility index (Phi) is 3.28. The molecule has 2 aliphatic rings. The topological polar surface area (TPSA) is 45.4 Å². The number of nitrogens with zero attached hydrogens (tertiary/aromatic N) is 3. The Bertz CT molecular complexity index is 642. The van der Waals surface area contributed by atoms with Gasteiger partial charge < -0.3 is 10.6 Å². The second-order valence-electron chi connectivity index (χ2n) is 6.12. The van der Waals surface area contributed by atoms with Gasteiger partial charge in [-0.1, -0.05) is 18.2 Å². The van der Waals surface area contributed by atoms with Gasteiger partial charge in [0.25, 0.3) is 0 Å². The summed E-state index contributed by atoms with van der Waals surface area (Å²) < 4.78 is 0. The molecule has 1 aromatic heterocycles. The third kappa shape index (κ3) is 2.49. The zero-order chi connectivity index (χ0) is 14.2. The lowest BCUT2D eigenvalue weighted by atomic mass is 10.1. The van der Waals surface area contributed by atoms with Gasteiger partial charge in [0.15, 0.2) is 0 Å². The van der Waals surface area contributed by atoms with Crippen LogP contribution in [0.5, 0.6) is 0 Å². The van der Waals surface area contributed by atoms with E-state index in [0.29, 0.717) is 6.54 Å². The van der Waals surface area contributed by atoms with Crippen LogP contribution >= 0.6 is 0 Å². The van der Waals surface area contributed by atoms with E-state index in [1.54, 1.807) is 0 Å². The zero-order valence-corrected chi connectivity index (χ0v) is 12.3. The van der Waals surface area contributed by atoms with Gasteiger partial charge in [-0.3, -0.25) is 4.90 Å². The fourth-order valence-corrected chi connectivity index (χ4v) is 3.31. The molecule has 0 bridgehead atoms. The normalized spacial score (nSPS) is 20.1. The van der Waals surface area contributed by atoms with E-state index in [-0.39, 0.29) is 0 Å². The summed E-state index contributed by atoms with van der Waals surface area (Å²) in [6.07, 6.45) is 2.78. The van der Waals surface area contributed by atoms with E-state index >= 15 is 0 Å². The Labute approximate surface area is 125 Å². The minimum Gasteiger partial charge on any atom is -0.354 e. The summed E-state index contributed by atoms with van der Waals surface area (Å²) >= 11 is 0. The van der Waals surface area contributed by atoms with Crippen molar-refractivity contribution in [1.82, 2.24) is 9.88 Å². The van der Waals surface area contributed by atoms with E-state index in [1.807, 2.05) is 6.07 Å². The van der Waals surface area contributed by atoms with Crippen LogP contribution in [0, 0.1) is 0 Å². The first kappa shape index (κ1) is 13.0. The van der Waals surface area contributed by atoms with Gasteiger partial charge in [-0.2, -0.15) is 0 Å². The molecule has 4 rings (SSSR count). The summed E-state index contributed by atoms with van der Waals surface area (Å²) in [5.74, 6) is 1.09. The van der Waals surface area contributed by atoms with Crippen molar-refractivity contribution in [3.8, 4) is 0 Å². The fourth-order valence-electron chi connectivity index (χ4n) is 3.31. The van der Waals surface area contributed by atoms with Gasteiger partial charge in [0.05, 0.1) is 5.52 Å². The number of benzene rings is 1. The molecule has 0 unspecified atom stereocenters. The van der Waals surface area contributed by atoms with Crippen LogP contribution in [0.3, 0.4) is 0 Å². The lowest BCUT2D eigenvalue weighted by molar-refractivity contribution is 0.247. The third-order valence-electron chi connectivity index (χ3n) is 4.68. The Morgan fingerprint density at radius 3 is 2.57 bits per heavy atom. The standard InChI is InChI=1S/C17H22N4/c18-12-14-11-13-3-1-2-4-16(13)19-17(14)21-9-7-20(8-10-21)15-5-6-15/h1-4,11,15H,5-10,12,18H2. The average Bonchev–Trinajstić information content (AvgIpc) is 3.39. The molecular formula is C17H22N4. The number of anilines is 1. The number of rotatable bonds is 3. The van der Waals surface area contributed by atoms with E-state index in [4.69, 9.17) is 10.7 Å². The highest BCUT2D eigenvalue weighted by Gasteiger charge is 2.31. The van der Waals surface area contributed by atoms with Gasteiger partial charge in [0.1, 0.15) is 5.82 Å². The Morgan fingerprint density at radius 2 is 1.86 bits per heavy atom. The minimum absolute atomic E-state index is 0.552. The number of piperazine rings is 1. The van der Waals surface area contributed by atoms with Crippen LogP contribution in [-0.2, 0) is 6.54 Å². The molecule has 2 heterocycles.